The monoisotopic (exact) mass is 195 g/mol. The highest BCUT2D eigenvalue weighted by atomic mass is 15.2. The van der Waals surface area contributed by atoms with Crippen molar-refractivity contribution >= 4 is 0 Å². The minimum Gasteiger partial charge on any atom is -0.291 e. The third-order valence-corrected chi connectivity index (χ3v) is 3.05. The molecule has 1 fully saturated rings. The molecule has 0 saturated carbocycles. The van der Waals surface area contributed by atoms with Gasteiger partial charge >= 0.3 is 0 Å². The Balaban J connectivity index is 2.94. The third-order valence-electron chi connectivity index (χ3n) is 3.05. The summed E-state index contributed by atoms with van der Waals surface area (Å²) in [6.07, 6.45) is 1.17. The molecule has 0 aliphatic carbocycles. The number of rotatable bonds is 0. The van der Waals surface area contributed by atoms with E-state index in [9.17, 15) is 0 Å². The summed E-state index contributed by atoms with van der Waals surface area (Å²) in [6.45, 7) is 19.2. The van der Waals surface area contributed by atoms with Gasteiger partial charge in [0.25, 0.3) is 0 Å². The molecule has 0 aromatic rings. The molecule has 1 heteroatoms. The summed E-state index contributed by atoms with van der Waals surface area (Å²) in [4.78, 5) is 2.59. The fourth-order valence-electron chi connectivity index (χ4n) is 2.55. The molecule has 1 heterocycles. The molecular weight excluding hydrogens is 170 g/mol. The number of likely N-dealkylation sites (tertiary alicyclic amines) is 1. The van der Waals surface area contributed by atoms with E-state index in [0.29, 0.717) is 11.5 Å². The molecule has 1 saturated heterocycles. The Kier molecular flexibility index (Phi) is 2.84. The molecule has 82 valence electrons. The van der Waals surface area contributed by atoms with Crippen molar-refractivity contribution in [3.8, 4) is 0 Å². The summed E-state index contributed by atoms with van der Waals surface area (Å²) in [6, 6.07) is 0.544. The lowest BCUT2D eigenvalue weighted by Crippen LogP contribution is -2.49. The first-order valence-electron chi connectivity index (χ1n) is 5.58. The van der Waals surface area contributed by atoms with Crippen LogP contribution in [0, 0.1) is 5.41 Å². The minimum atomic E-state index is 0.261. The first kappa shape index (κ1) is 11.8. The highest BCUT2D eigenvalue weighted by Gasteiger charge is 2.41. The predicted octanol–water partition coefficient (Wildman–Crippen LogP) is 3.46. The quantitative estimate of drug-likeness (QED) is 0.535. The van der Waals surface area contributed by atoms with E-state index >= 15 is 0 Å². The second-order valence-corrected chi connectivity index (χ2v) is 6.54. The van der Waals surface area contributed by atoms with Crippen LogP contribution in [0.4, 0.5) is 0 Å². The van der Waals surface area contributed by atoms with Gasteiger partial charge in [0.1, 0.15) is 0 Å². The second-order valence-electron chi connectivity index (χ2n) is 6.54. The van der Waals surface area contributed by atoms with Crippen molar-refractivity contribution in [3.05, 3.63) is 12.2 Å². The van der Waals surface area contributed by atoms with Gasteiger partial charge in [0.15, 0.2) is 0 Å². The molecule has 0 bridgehead atoms. The Hall–Kier alpha value is -0.300. The Bertz CT molecular complexity index is 227. The Morgan fingerprint density at radius 2 is 1.64 bits per heavy atom. The van der Waals surface area contributed by atoms with Gasteiger partial charge in [0.2, 0.25) is 0 Å². The minimum absolute atomic E-state index is 0.261. The SMILES string of the molecule is C=C1CCN(C(C)(C)C)C1C(C)(C)C. The van der Waals surface area contributed by atoms with Crippen LogP contribution < -0.4 is 0 Å². The van der Waals surface area contributed by atoms with Crippen LogP contribution in [0.1, 0.15) is 48.0 Å². The topological polar surface area (TPSA) is 3.24 Å². The predicted molar refractivity (Wildman–Crippen MR) is 63.5 cm³/mol. The van der Waals surface area contributed by atoms with Crippen molar-refractivity contribution in [1.82, 2.24) is 4.90 Å². The van der Waals surface area contributed by atoms with Crippen LogP contribution in [0.15, 0.2) is 12.2 Å². The maximum atomic E-state index is 4.22. The van der Waals surface area contributed by atoms with Crippen molar-refractivity contribution in [1.29, 1.82) is 0 Å². The number of nitrogens with zero attached hydrogens (tertiary/aromatic N) is 1. The van der Waals surface area contributed by atoms with Crippen molar-refractivity contribution in [3.63, 3.8) is 0 Å². The first-order valence-corrected chi connectivity index (χ1v) is 5.58. The van der Waals surface area contributed by atoms with E-state index in [1.807, 2.05) is 0 Å². The van der Waals surface area contributed by atoms with Crippen molar-refractivity contribution in [2.45, 2.75) is 59.5 Å². The van der Waals surface area contributed by atoms with Gasteiger partial charge in [-0.3, -0.25) is 4.90 Å². The molecular formula is C13H25N. The van der Waals surface area contributed by atoms with E-state index in [1.165, 1.54) is 18.5 Å². The number of hydrogen-bond donors (Lipinski definition) is 0. The van der Waals surface area contributed by atoms with E-state index < -0.39 is 0 Å². The molecule has 14 heavy (non-hydrogen) atoms. The average Bonchev–Trinajstić information content (AvgIpc) is 2.27. The lowest BCUT2D eigenvalue weighted by atomic mass is 9.82. The van der Waals surface area contributed by atoms with E-state index in [0.717, 1.165) is 0 Å². The Morgan fingerprint density at radius 1 is 1.14 bits per heavy atom. The molecule has 1 aliphatic rings. The van der Waals surface area contributed by atoms with Gasteiger partial charge in [-0.2, -0.15) is 0 Å². The van der Waals surface area contributed by atoms with Crippen LogP contribution in [0.2, 0.25) is 0 Å². The normalized spacial score (nSPS) is 25.9. The van der Waals surface area contributed by atoms with Crippen LogP contribution >= 0.6 is 0 Å². The van der Waals surface area contributed by atoms with Crippen LogP contribution in [0.5, 0.6) is 0 Å². The molecule has 1 rings (SSSR count). The molecule has 0 aromatic heterocycles. The van der Waals surface area contributed by atoms with Crippen LogP contribution in [-0.4, -0.2) is 23.0 Å². The number of hydrogen-bond acceptors (Lipinski definition) is 1. The molecule has 1 unspecified atom stereocenters. The zero-order valence-corrected chi connectivity index (χ0v) is 10.6. The van der Waals surface area contributed by atoms with Crippen molar-refractivity contribution in [2.24, 2.45) is 5.41 Å². The highest BCUT2D eigenvalue weighted by molar-refractivity contribution is 5.17. The van der Waals surface area contributed by atoms with E-state index in [-0.39, 0.29) is 5.54 Å². The lowest BCUT2D eigenvalue weighted by molar-refractivity contribution is 0.0715. The van der Waals surface area contributed by atoms with Gasteiger partial charge in [-0.05, 0) is 32.6 Å². The fourth-order valence-corrected chi connectivity index (χ4v) is 2.55. The summed E-state index contributed by atoms with van der Waals surface area (Å²) in [5.74, 6) is 0. The molecule has 0 radical (unpaired) electrons. The molecule has 0 N–H and O–H groups in total. The van der Waals surface area contributed by atoms with E-state index in [4.69, 9.17) is 0 Å². The zero-order chi connectivity index (χ0) is 11.1. The summed E-state index contributed by atoms with van der Waals surface area (Å²) < 4.78 is 0. The fraction of sp³-hybridized carbons (Fsp3) is 0.846. The van der Waals surface area contributed by atoms with Crippen LogP contribution in [0.3, 0.4) is 0 Å². The second kappa shape index (κ2) is 3.37. The lowest BCUT2D eigenvalue weighted by Gasteiger charge is -2.43. The van der Waals surface area contributed by atoms with E-state index in [2.05, 4.69) is 53.0 Å². The molecule has 1 nitrogen and oxygen atoms in total. The van der Waals surface area contributed by atoms with Crippen molar-refractivity contribution < 1.29 is 0 Å². The van der Waals surface area contributed by atoms with Gasteiger partial charge in [0.05, 0.1) is 0 Å². The Labute approximate surface area is 89.2 Å². The molecule has 0 amide bonds. The average molecular weight is 195 g/mol. The molecule has 1 atom stereocenters. The summed E-state index contributed by atoms with van der Waals surface area (Å²) in [5.41, 5.74) is 1.98. The van der Waals surface area contributed by atoms with Gasteiger partial charge in [0, 0.05) is 18.1 Å². The molecule has 0 aromatic carbocycles. The largest absolute Gasteiger partial charge is 0.291 e. The maximum Gasteiger partial charge on any atom is 0.0359 e. The summed E-state index contributed by atoms with van der Waals surface area (Å²) in [5, 5.41) is 0. The van der Waals surface area contributed by atoms with Gasteiger partial charge in [-0.15, -0.1) is 0 Å². The standard InChI is InChI=1S/C13H25N/c1-10-8-9-14(13(5,6)7)11(10)12(2,3)4/h11H,1,8-9H2,2-7H3. The zero-order valence-electron chi connectivity index (χ0n) is 10.6. The summed E-state index contributed by atoms with van der Waals surface area (Å²) >= 11 is 0. The Morgan fingerprint density at radius 3 is 1.93 bits per heavy atom. The smallest absolute Gasteiger partial charge is 0.0359 e. The molecule has 0 spiro atoms. The van der Waals surface area contributed by atoms with Crippen molar-refractivity contribution in [2.75, 3.05) is 6.54 Å². The molecule has 1 aliphatic heterocycles. The van der Waals surface area contributed by atoms with E-state index in [1.54, 1.807) is 0 Å². The maximum absolute atomic E-state index is 4.22. The third kappa shape index (κ3) is 2.20. The van der Waals surface area contributed by atoms with Crippen LogP contribution in [-0.2, 0) is 0 Å². The van der Waals surface area contributed by atoms with Gasteiger partial charge in [-0.25, -0.2) is 0 Å². The van der Waals surface area contributed by atoms with Crippen LogP contribution in [0.25, 0.3) is 0 Å². The highest BCUT2D eigenvalue weighted by Crippen LogP contribution is 2.39. The van der Waals surface area contributed by atoms with Gasteiger partial charge < -0.3 is 0 Å². The van der Waals surface area contributed by atoms with Gasteiger partial charge in [-0.1, -0.05) is 32.9 Å². The first-order chi connectivity index (χ1) is 6.14. The summed E-state index contributed by atoms with van der Waals surface area (Å²) in [7, 11) is 0.